The summed E-state index contributed by atoms with van der Waals surface area (Å²) in [5, 5.41) is 19.3. The van der Waals surface area contributed by atoms with Gasteiger partial charge in [-0.15, -0.1) is 0 Å². The normalized spacial score (nSPS) is 24.0. The van der Waals surface area contributed by atoms with E-state index in [1.54, 1.807) is 12.4 Å². The number of aliphatic hydroxyl groups excluding tert-OH is 2. The molecule has 2 unspecified atom stereocenters. The topological polar surface area (TPSA) is 98.7 Å². The number of aliphatic hydroxyl groups is 2. The van der Waals surface area contributed by atoms with E-state index >= 15 is 0 Å². The molecule has 1 saturated heterocycles. The molecular formula is C20H25N3O4. The first-order valence-corrected chi connectivity index (χ1v) is 9.44. The van der Waals surface area contributed by atoms with E-state index in [0.29, 0.717) is 44.5 Å². The van der Waals surface area contributed by atoms with Crippen LogP contribution in [0.3, 0.4) is 0 Å². The number of aromatic nitrogens is 2. The second-order valence-corrected chi connectivity index (χ2v) is 7.38. The highest BCUT2D eigenvalue weighted by Gasteiger charge is 2.56. The molecule has 4 rings (SSSR count). The molecule has 1 saturated carbocycles. The van der Waals surface area contributed by atoms with E-state index in [1.807, 2.05) is 29.2 Å². The van der Waals surface area contributed by atoms with Crippen molar-refractivity contribution in [3.8, 4) is 11.4 Å². The highest BCUT2D eigenvalue weighted by molar-refractivity contribution is 5.95. The number of amides is 1. The Labute approximate surface area is 158 Å². The van der Waals surface area contributed by atoms with Gasteiger partial charge in [-0.3, -0.25) is 4.79 Å². The van der Waals surface area contributed by atoms with Crippen LogP contribution in [0.2, 0.25) is 0 Å². The molecule has 0 radical (unpaired) electrons. The second-order valence-electron chi connectivity index (χ2n) is 7.38. The number of rotatable bonds is 5. The number of piperidine rings is 1. The Morgan fingerprint density at radius 1 is 1.37 bits per heavy atom. The zero-order chi connectivity index (χ0) is 18.9. The molecule has 144 valence electrons. The Morgan fingerprint density at radius 2 is 2.19 bits per heavy atom. The maximum absolute atomic E-state index is 12.9. The van der Waals surface area contributed by atoms with E-state index in [2.05, 4.69) is 9.97 Å². The van der Waals surface area contributed by atoms with Crippen LogP contribution in [-0.4, -0.2) is 69.5 Å². The fraction of sp³-hybridized carbons (Fsp3) is 0.500. The highest BCUT2D eigenvalue weighted by Crippen LogP contribution is 2.51. The summed E-state index contributed by atoms with van der Waals surface area (Å²) in [4.78, 5) is 22.1. The van der Waals surface area contributed by atoms with E-state index in [1.165, 1.54) is 0 Å². The molecule has 0 bridgehead atoms. The first-order valence-electron chi connectivity index (χ1n) is 9.44. The molecule has 1 aliphatic carbocycles. The minimum atomic E-state index is -0.388. The molecule has 2 atom stereocenters. The van der Waals surface area contributed by atoms with Crippen LogP contribution in [0.4, 0.5) is 0 Å². The predicted molar refractivity (Wildman–Crippen MR) is 99.0 cm³/mol. The third kappa shape index (κ3) is 3.26. The van der Waals surface area contributed by atoms with Crippen LogP contribution in [0.5, 0.6) is 0 Å². The molecule has 2 aliphatic rings. The smallest absolute Gasteiger partial charge is 0.253 e. The van der Waals surface area contributed by atoms with Crippen molar-refractivity contribution in [1.29, 1.82) is 0 Å². The van der Waals surface area contributed by atoms with Crippen LogP contribution in [0.1, 0.15) is 29.6 Å². The van der Waals surface area contributed by atoms with E-state index in [0.717, 1.165) is 11.4 Å². The first-order chi connectivity index (χ1) is 13.1. The second kappa shape index (κ2) is 7.42. The number of H-pyrrole nitrogens is 1. The summed E-state index contributed by atoms with van der Waals surface area (Å²) in [5.41, 5.74) is 1.25. The number of hydrogen-bond donors (Lipinski definition) is 3. The summed E-state index contributed by atoms with van der Waals surface area (Å²) in [6.45, 7) is 1.47. The summed E-state index contributed by atoms with van der Waals surface area (Å²) in [6, 6.07) is 7.47. The van der Waals surface area contributed by atoms with Crippen LogP contribution in [0.15, 0.2) is 36.7 Å². The number of carbonyl (C=O) groups is 1. The molecular weight excluding hydrogens is 346 g/mol. The van der Waals surface area contributed by atoms with Gasteiger partial charge in [-0.25, -0.2) is 4.98 Å². The fourth-order valence-electron chi connectivity index (χ4n) is 4.34. The Balaban J connectivity index is 1.43. The summed E-state index contributed by atoms with van der Waals surface area (Å²) < 4.78 is 5.70. The van der Waals surface area contributed by atoms with E-state index in [-0.39, 0.29) is 30.1 Å². The number of ether oxygens (including phenoxy) is 1. The van der Waals surface area contributed by atoms with Gasteiger partial charge >= 0.3 is 0 Å². The molecule has 3 N–H and O–H groups in total. The van der Waals surface area contributed by atoms with Crippen molar-refractivity contribution in [3.05, 3.63) is 42.2 Å². The van der Waals surface area contributed by atoms with Crippen molar-refractivity contribution < 1.29 is 19.7 Å². The number of nitrogens with zero attached hydrogens (tertiary/aromatic N) is 2. The van der Waals surface area contributed by atoms with E-state index < -0.39 is 0 Å². The quantitative estimate of drug-likeness (QED) is 0.739. The molecule has 2 heterocycles. The van der Waals surface area contributed by atoms with Gasteiger partial charge in [0.25, 0.3) is 5.91 Å². The molecule has 1 aromatic carbocycles. The third-order valence-corrected chi connectivity index (χ3v) is 6.02. The maximum Gasteiger partial charge on any atom is 0.253 e. The SMILES string of the molecule is O=C(c1cccc(-c2ncc[nH]2)c1)N1CCC2(CC1)C(O)CC2OCCO. The van der Waals surface area contributed by atoms with Gasteiger partial charge in [0.05, 0.1) is 25.4 Å². The maximum atomic E-state index is 12.9. The van der Waals surface area contributed by atoms with Crippen LogP contribution in [-0.2, 0) is 4.74 Å². The average Bonchev–Trinajstić information content (AvgIpc) is 3.25. The zero-order valence-corrected chi connectivity index (χ0v) is 15.2. The Morgan fingerprint density at radius 3 is 2.85 bits per heavy atom. The molecule has 7 heteroatoms. The molecule has 2 fully saturated rings. The minimum absolute atomic E-state index is 0.0000963. The van der Waals surface area contributed by atoms with Crippen molar-refractivity contribution in [1.82, 2.24) is 14.9 Å². The molecule has 1 aliphatic heterocycles. The van der Waals surface area contributed by atoms with Crippen LogP contribution in [0, 0.1) is 5.41 Å². The first kappa shape index (κ1) is 18.2. The molecule has 7 nitrogen and oxygen atoms in total. The lowest BCUT2D eigenvalue weighted by Crippen LogP contribution is -2.62. The monoisotopic (exact) mass is 371 g/mol. The minimum Gasteiger partial charge on any atom is -0.394 e. The molecule has 1 aromatic heterocycles. The van der Waals surface area contributed by atoms with Crippen molar-refractivity contribution >= 4 is 5.91 Å². The van der Waals surface area contributed by atoms with E-state index in [4.69, 9.17) is 9.84 Å². The number of hydrogen-bond acceptors (Lipinski definition) is 5. The van der Waals surface area contributed by atoms with Gasteiger partial charge in [0.15, 0.2) is 0 Å². The van der Waals surface area contributed by atoms with Gasteiger partial charge in [0.1, 0.15) is 5.82 Å². The Kier molecular flexibility index (Phi) is 4.99. The van der Waals surface area contributed by atoms with Gasteiger partial charge in [0.2, 0.25) is 0 Å². The summed E-state index contributed by atoms with van der Waals surface area (Å²) in [7, 11) is 0. The van der Waals surface area contributed by atoms with Crippen LogP contribution >= 0.6 is 0 Å². The van der Waals surface area contributed by atoms with Gasteiger partial charge < -0.3 is 24.8 Å². The lowest BCUT2D eigenvalue weighted by atomic mass is 9.58. The van der Waals surface area contributed by atoms with Crippen LogP contribution < -0.4 is 0 Å². The van der Waals surface area contributed by atoms with Crippen molar-refractivity contribution in [2.75, 3.05) is 26.3 Å². The van der Waals surface area contributed by atoms with Crippen molar-refractivity contribution in [3.63, 3.8) is 0 Å². The molecule has 2 aromatic rings. The molecule has 27 heavy (non-hydrogen) atoms. The average molecular weight is 371 g/mol. The van der Waals surface area contributed by atoms with Gasteiger partial charge in [-0.05, 0) is 25.0 Å². The molecule has 1 amide bonds. The summed E-state index contributed by atoms with van der Waals surface area (Å²) in [6.07, 6.45) is 5.07. The van der Waals surface area contributed by atoms with Crippen molar-refractivity contribution in [2.45, 2.75) is 31.5 Å². The zero-order valence-electron chi connectivity index (χ0n) is 15.2. The number of nitrogens with one attached hydrogen (secondary N) is 1. The summed E-state index contributed by atoms with van der Waals surface area (Å²) >= 11 is 0. The summed E-state index contributed by atoms with van der Waals surface area (Å²) in [5.74, 6) is 0.739. The lowest BCUT2D eigenvalue weighted by molar-refractivity contribution is -0.211. The van der Waals surface area contributed by atoms with Gasteiger partial charge in [-0.2, -0.15) is 0 Å². The van der Waals surface area contributed by atoms with Crippen LogP contribution in [0.25, 0.3) is 11.4 Å². The van der Waals surface area contributed by atoms with E-state index in [9.17, 15) is 9.90 Å². The third-order valence-electron chi connectivity index (χ3n) is 6.02. The van der Waals surface area contributed by atoms with Gasteiger partial charge in [0, 0.05) is 48.4 Å². The number of aromatic amines is 1. The standard InChI is InChI=1S/C20H25N3O4/c24-10-11-27-17-13-16(25)20(17)4-8-23(9-5-20)19(26)15-3-1-2-14(12-15)18-21-6-7-22-18/h1-3,6-7,12,16-17,24-25H,4-5,8-11,13H2,(H,21,22). The van der Waals surface area contributed by atoms with Gasteiger partial charge in [-0.1, -0.05) is 12.1 Å². The number of likely N-dealkylation sites (tertiary alicyclic amines) is 1. The molecule has 1 spiro atoms. The number of carbonyl (C=O) groups excluding carboxylic acids is 1. The number of imidazole rings is 1. The van der Waals surface area contributed by atoms with Crippen molar-refractivity contribution in [2.24, 2.45) is 5.41 Å². The fourth-order valence-corrected chi connectivity index (χ4v) is 4.34. The highest BCUT2D eigenvalue weighted by atomic mass is 16.5. The Hall–Kier alpha value is -2.22. The Bertz CT molecular complexity index is 784. The lowest BCUT2D eigenvalue weighted by Gasteiger charge is -2.56. The number of benzene rings is 1. The predicted octanol–water partition coefficient (Wildman–Crippen LogP) is 1.44. The largest absolute Gasteiger partial charge is 0.394 e.